The SMILES string of the molecule is O=C(N/N=C/c1cc(Br)c(O)c(I)c1)c1cc2cc(Br)ccc2o1. The van der Waals surface area contributed by atoms with Crippen LogP contribution in [0.3, 0.4) is 0 Å². The largest absolute Gasteiger partial charge is 0.506 e. The molecule has 2 N–H and O–H groups in total. The maximum Gasteiger partial charge on any atom is 0.307 e. The number of carbonyl (C=O) groups is 1. The molecule has 3 aromatic rings. The number of hydrogen-bond acceptors (Lipinski definition) is 4. The summed E-state index contributed by atoms with van der Waals surface area (Å²) in [5, 5.41) is 14.4. The molecule has 0 aliphatic rings. The van der Waals surface area contributed by atoms with Crippen LogP contribution >= 0.6 is 54.5 Å². The van der Waals surface area contributed by atoms with E-state index in [9.17, 15) is 9.90 Å². The third kappa shape index (κ3) is 3.81. The average Bonchev–Trinajstić information content (AvgIpc) is 2.95. The number of rotatable bonds is 3. The van der Waals surface area contributed by atoms with Crippen LogP contribution in [0.15, 0.2) is 54.9 Å². The molecule has 2 aromatic carbocycles. The summed E-state index contributed by atoms with van der Waals surface area (Å²) in [7, 11) is 0. The number of halogens is 3. The highest BCUT2D eigenvalue weighted by Gasteiger charge is 2.11. The summed E-state index contributed by atoms with van der Waals surface area (Å²) in [6, 6.07) is 10.6. The Balaban J connectivity index is 1.74. The summed E-state index contributed by atoms with van der Waals surface area (Å²) in [6.45, 7) is 0. The Morgan fingerprint density at radius 1 is 1.25 bits per heavy atom. The van der Waals surface area contributed by atoms with Crippen LogP contribution in [-0.4, -0.2) is 17.2 Å². The summed E-state index contributed by atoms with van der Waals surface area (Å²) in [6.07, 6.45) is 1.49. The number of carbonyl (C=O) groups excluding carboxylic acids is 1. The van der Waals surface area contributed by atoms with Crippen LogP contribution in [0.5, 0.6) is 5.75 Å². The van der Waals surface area contributed by atoms with Gasteiger partial charge in [0.1, 0.15) is 11.3 Å². The molecule has 0 aliphatic carbocycles. The lowest BCUT2D eigenvalue weighted by atomic mass is 10.2. The number of amides is 1. The summed E-state index contributed by atoms with van der Waals surface area (Å²) in [4.78, 5) is 12.1. The quantitative estimate of drug-likeness (QED) is 0.267. The Hall–Kier alpha value is -1.39. The fourth-order valence-corrected chi connectivity index (χ4v) is 3.88. The number of hydrogen-bond donors (Lipinski definition) is 2. The molecule has 0 radical (unpaired) electrons. The van der Waals surface area contributed by atoms with Gasteiger partial charge in [0.05, 0.1) is 14.3 Å². The predicted octanol–water partition coefficient (Wildman–Crippen LogP) is 5.03. The van der Waals surface area contributed by atoms with Gasteiger partial charge in [-0.05, 0) is 80.5 Å². The number of phenolic OH excluding ortho intramolecular Hbond substituents is 1. The van der Waals surface area contributed by atoms with E-state index < -0.39 is 5.91 Å². The van der Waals surface area contributed by atoms with E-state index in [2.05, 4.69) is 42.4 Å². The molecule has 0 bridgehead atoms. The third-order valence-corrected chi connectivity index (χ3v) is 5.04. The Morgan fingerprint density at radius 3 is 2.79 bits per heavy atom. The van der Waals surface area contributed by atoms with Crippen molar-refractivity contribution in [2.75, 3.05) is 0 Å². The second-order valence-corrected chi connectivity index (χ2v) is 7.76. The fourth-order valence-electron chi connectivity index (χ4n) is 2.01. The number of aromatic hydroxyl groups is 1. The van der Waals surface area contributed by atoms with Crippen molar-refractivity contribution in [3.8, 4) is 5.75 Å². The van der Waals surface area contributed by atoms with Gasteiger partial charge in [0, 0.05) is 9.86 Å². The Morgan fingerprint density at radius 2 is 2.04 bits per heavy atom. The van der Waals surface area contributed by atoms with Gasteiger partial charge < -0.3 is 9.52 Å². The molecule has 0 saturated heterocycles. The fraction of sp³-hybridized carbons (Fsp3) is 0. The van der Waals surface area contributed by atoms with Crippen molar-refractivity contribution in [2.45, 2.75) is 0 Å². The van der Waals surface area contributed by atoms with Crippen LogP contribution in [0.4, 0.5) is 0 Å². The van der Waals surface area contributed by atoms with Crippen molar-refractivity contribution in [1.29, 1.82) is 0 Å². The lowest BCUT2D eigenvalue weighted by Crippen LogP contribution is -2.16. The van der Waals surface area contributed by atoms with E-state index in [1.807, 2.05) is 34.7 Å². The minimum atomic E-state index is -0.439. The molecule has 24 heavy (non-hydrogen) atoms. The van der Waals surface area contributed by atoms with Crippen LogP contribution in [0.1, 0.15) is 16.1 Å². The average molecular weight is 564 g/mol. The van der Waals surface area contributed by atoms with E-state index >= 15 is 0 Å². The first-order chi connectivity index (χ1) is 11.4. The van der Waals surface area contributed by atoms with E-state index in [1.165, 1.54) is 6.21 Å². The molecule has 1 heterocycles. The zero-order valence-electron chi connectivity index (χ0n) is 11.9. The molecule has 0 saturated carbocycles. The highest BCUT2D eigenvalue weighted by molar-refractivity contribution is 14.1. The molecule has 8 heteroatoms. The van der Waals surface area contributed by atoms with Gasteiger partial charge in [-0.25, -0.2) is 5.43 Å². The van der Waals surface area contributed by atoms with Gasteiger partial charge in [-0.1, -0.05) is 15.9 Å². The van der Waals surface area contributed by atoms with Gasteiger partial charge >= 0.3 is 5.91 Å². The minimum Gasteiger partial charge on any atom is -0.506 e. The molecular formula is C16H9Br2IN2O3. The first kappa shape index (κ1) is 17.4. The van der Waals surface area contributed by atoms with Crippen molar-refractivity contribution in [3.05, 3.63) is 60.2 Å². The molecular weight excluding hydrogens is 555 g/mol. The molecule has 0 atom stereocenters. The van der Waals surface area contributed by atoms with Crippen molar-refractivity contribution >= 4 is 77.5 Å². The number of nitrogens with one attached hydrogen (secondary N) is 1. The molecule has 3 rings (SSSR count). The topological polar surface area (TPSA) is 74.8 Å². The van der Waals surface area contributed by atoms with E-state index in [4.69, 9.17) is 4.42 Å². The normalized spacial score (nSPS) is 11.3. The number of hydrazone groups is 1. The Labute approximate surface area is 167 Å². The monoisotopic (exact) mass is 562 g/mol. The van der Waals surface area contributed by atoms with Gasteiger partial charge in [0.25, 0.3) is 0 Å². The van der Waals surface area contributed by atoms with Crippen LogP contribution < -0.4 is 5.43 Å². The van der Waals surface area contributed by atoms with Crippen molar-refractivity contribution in [3.63, 3.8) is 0 Å². The third-order valence-electron chi connectivity index (χ3n) is 3.12. The maximum atomic E-state index is 12.1. The smallest absolute Gasteiger partial charge is 0.307 e. The molecule has 0 unspecified atom stereocenters. The van der Waals surface area contributed by atoms with E-state index in [1.54, 1.807) is 24.3 Å². The van der Waals surface area contributed by atoms with Crippen LogP contribution in [0.25, 0.3) is 11.0 Å². The molecule has 0 spiro atoms. The van der Waals surface area contributed by atoms with Gasteiger partial charge in [-0.15, -0.1) is 0 Å². The summed E-state index contributed by atoms with van der Waals surface area (Å²) >= 11 is 8.64. The number of phenols is 1. The van der Waals surface area contributed by atoms with Gasteiger partial charge in [-0.3, -0.25) is 4.79 Å². The highest BCUT2D eigenvalue weighted by atomic mass is 127. The summed E-state index contributed by atoms with van der Waals surface area (Å²) in [5.41, 5.74) is 3.78. The molecule has 0 aliphatic heterocycles. The number of nitrogens with zero attached hydrogens (tertiary/aromatic N) is 1. The molecule has 0 fully saturated rings. The summed E-state index contributed by atoms with van der Waals surface area (Å²) < 4.78 is 7.64. The number of benzene rings is 2. The van der Waals surface area contributed by atoms with Crippen LogP contribution in [0.2, 0.25) is 0 Å². The van der Waals surface area contributed by atoms with Gasteiger partial charge in [-0.2, -0.15) is 5.10 Å². The van der Waals surface area contributed by atoms with Crippen molar-refractivity contribution in [1.82, 2.24) is 5.43 Å². The number of fused-ring (bicyclic) bond motifs is 1. The molecule has 1 aromatic heterocycles. The van der Waals surface area contributed by atoms with Crippen molar-refractivity contribution in [2.24, 2.45) is 5.10 Å². The molecule has 122 valence electrons. The lowest BCUT2D eigenvalue weighted by molar-refractivity contribution is 0.0929. The Kier molecular flexibility index (Phi) is 5.26. The second-order valence-electron chi connectivity index (χ2n) is 4.83. The zero-order chi connectivity index (χ0) is 17.3. The molecule has 1 amide bonds. The Bertz CT molecular complexity index is 946. The number of furan rings is 1. The van der Waals surface area contributed by atoms with Crippen LogP contribution in [0, 0.1) is 3.57 Å². The second kappa shape index (κ2) is 7.24. The summed E-state index contributed by atoms with van der Waals surface area (Å²) in [5.74, 6) is -0.0851. The minimum absolute atomic E-state index is 0.172. The van der Waals surface area contributed by atoms with Crippen LogP contribution in [-0.2, 0) is 0 Å². The van der Waals surface area contributed by atoms with E-state index in [0.29, 0.717) is 13.6 Å². The molecule has 5 nitrogen and oxygen atoms in total. The highest BCUT2D eigenvalue weighted by Crippen LogP contribution is 2.30. The predicted molar refractivity (Wildman–Crippen MR) is 107 cm³/mol. The van der Waals surface area contributed by atoms with Crippen molar-refractivity contribution < 1.29 is 14.3 Å². The van der Waals surface area contributed by atoms with E-state index in [-0.39, 0.29) is 11.5 Å². The van der Waals surface area contributed by atoms with E-state index in [0.717, 1.165) is 15.4 Å². The first-order valence-electron chi connectivity index (χ1n) is 6.64. The van der Waals surface area contributed by atoms with Gasteiger partial charge in [0.2, 0.25) is 0 Å². The van der Waals surface area contributed by atoms with Gasteiger partial charge in [0.15, 0.2) is 5.76 Å². The first-order valence-corrected chi connectivity index (χ1v) is 9.31. The maximum absolute atomic E-state index is 12.1. The zero-order valence-corrected chi connectivity index (χ0v) is 17.2. The standard InChI is InChI=1S/C16H9Br2IN2O3/c17-10-1-2-13-9(5-10)6-14(24-13)16(23)21-20-7-8-3-11(18)15(22)12(19)4-8/h1-7,22H,(H,21,23)/b20-7+. The lowest BCUT2D eigenvalue weighted by Gasteiger charge is -2.02.